The van der Waals surface area contributed by atoms with Gasteiger partial charge in [-0.05, 0) is 19.4 Å². The molecular formula is C18H25N2O3+. The van der Waals surface area contributed by atoms with Crippen molar-refractivity contribution in [3.8, 4) is 0 Å². The number of carbonyl (C=O) groups is 3. The molecule has 1 saturated heterocycles. The van der Waals surface area contributed by atoms with E-state index in [2.05, 4.69) is 5.32 Å². The summed E-state index contributed by atoms with van der Waals surface area (Å²) >= 11 is 0. The summed E-state index contributed by atoms with van der Waals surface area (Å²) in [5, 5.41) is 2.82. The van der Waals surface area contributed by atoms with Gasteiger partial charge in [0, 0.05) is 25.8 Å². The van der Waals surface area contributed by atoms with E-state index in [9.17, 15) is 14.4 Å². The first-order valence-corrected chi connectivity index (χ1v) is 8.17. The van der Waals surface area contributed by atoms with Crippen LogP contribution in [-0.4, -0.2) is 35.3 Å². The molecule has 5 heteroatoms. The van der Waals surface area contributed by atoms with Crippen LogP contribution in [-0.2, 0) is 20.9 Å². The SMILES string of the molecule is Cc1ccc(CNC(=O)CCC(=O)[N+]2(C=O)CCC[C@@H]2C)cc1. The molecular weight excluding hydrogens is 292 g/mol. The van der Waals surface area contributed by atoms with Gasteiger partial charge in [-0.1, -0.05) is 29.8 Å². The van der Waals surface area contributed by atoms with Crippen molar-refractivity contribution in [2.45, 2.75) is 52.1 Å². The van der Waals surface area contributed by atoms with Crippen molar-refractivity contribution in [3.63, 3.8) is 0 Å². The third-order valence-electron chi connectivity index (χ3n) is 4.77. The monoisotopic (exact) mass is 317 g/mol. The van der Waals surface area contributed by atoms with Gasteiger partial charge in [0.25, 0.3) is 0 Å². The first kappa shape index (κ1) is 17.3. The Morgan fingerprint density at radius 2 is 1.96 bits per heavy atom. The van der Waals surface area contributed by atoms with Gasteiger partial charge in [0.1, 0.15) is 6.04 Å². The van der Waals surface area contributed by atoms with Gasteiger partial charge in [-0.3, -0.25) is 4.79 Å². The molecule has 124 valence electrons. The Bertz CT molecular complexity index is 582. The first-order chi connectivity index (χ1) is 11.0. The Hall–Kier alpha value is -2.01. The van der Waals surface area contributed by atoms with Crippen molar-refractivity contribution >= 4 is 18.2 Å². The van der Waals surface area contributed by atoms with Crippen molar-refractivity contribution in [3.05, 3.63) is 35.4 Å². The first-order valence-electron chi connectivity index (χ1n) is 8.17. The van der Waals surface area contributed by atoms with E-state index in [-0.39, 0.29) is 35.2 Å². The van der Waals surface area contributed by atoms with Gasteiger partial charge in [0.2, 0.25) is 5.91 Å². The maximum Gasteiger partial charge on any atom is 0.321 e. The summed E-state index contributed by atoms with van der Waals surface area (Å²) in [6.45, 7) is 4.96. The molecule has 2 atom stereocenters. The minimum absolute atomic E-state index is 0.0237. The third kappa shape index (κ3) is 4.05. The Morgan fingerprint density at radius 1 is 1.26 bits per heavy atom. The lowest BCUT2D eigenvalue weighted by Crippen LogP contribution is -2.54. The third-order valence-corrected chi connectivity index (χ3v) is 4.77. The van der Waals surface area contributed by atoms with Crippen LogP contribution in [0.5, 0.6) is 0 Å². The second kappa shape index (κ2) is 7.51. The molecule has 0 aliphatic carbocycles. The summed E-state index contributed by atoms with van der Waals surface area (Å²) in [7, 11) is 0. The van der Waals surface area contributed by atoms with Gasteiger partial charge in [-0.2, -0.15) is 4.48 Å². The van der Waals surface area contributed by atoms with E-state index >= 15 is 0 Å². The molecule has 1 aromatic carbocycles. The van der Waals surface area contributed by atoms with E-state index in [1.807, 2.05) is 38.1 Å². The van der Waals surface area contributed by atoms with Crippen LogP contribution in [0, 0.1) is 6.92 Å². The maximum absolute atomic E-state index is 12.4. The minimum atomic E-state index is -0.158. The fraction of sp³-hybridized carbons (Fsp3) is 0.500. The number of nitrogens with one attached hydrogen (secondary N) is 1. The number of benzene rings is 1. The predicted octanol–water partition coefficient (Wildman–Crippen LogP) is 2.07. The van der Waals surface area contributed by atoms with Crippen LogP contribution >= 0.6 is 0 Å². The number of hydrogen-bond donors (Lipinski definition) is 1. The van der Waals surface area contributed by atoms with Crippen LogP contribution < -0.4 is 5.32 Å². The number of amides is 3. The van der Waals surface area contributed by atoms with Gasteiger partial charge in [-0.25, -0.2) is 9.59 Å². The zero-order valence-electron chi connectivity index (χ0n) is 13.9. The normalized spacial score (nSPS) is 23.5. The molecule has 1 N–H and O–H groups in total. The Morgan fingerprint density at radius 3 is 2.52 bits per heavy atom. The molecule has 2 rings (SSSR count). The lowest BCUT2D eigenvalue weighted by atomic mass is 10.1. The second-order valence-corrected chi connectivity index (χ2v) is 6.41. The standard InChI is InChI=1S/C18H24N2O3/c1-14-5-7-16(8-6-14)12-19-17(22)9-10-18(23)20(13-21)11-3-4-15(20)2/h5-8,13,15H,3-4,9-12H2,1-2H3/p+1/t15-,20?/m0/s1. The molecule has 1 heterocycles. The predicted molar refractivity (Wildman–Crippen MR) is 87.2 cm³/mol. The van der Waals surface area contributed by atoms with Crippen LogP contribution in [0.25, 0.3) is 0 Å². The van der Waals surface area contributed by atoms with Gasteiger partial charge in [0.05, 0.1) is 13.0 Å². The van der Waals surface area contributed by atoms with E-state index in [4.69, 9.17) is 0 Å². The van der Waals surface area contributed by atoms with Crippen LogP contribution in [0.3, 0.4) is 0 Å². The van der Waals surface area contributed by atoms with E-state index in [1.165, 1.54) is 5.56 Å². The largest absolute Gasteiger partial charge is 0.352 e. The number of likely N-dealkylation sites (tertiary alicyclic amines) is 1. The van der Waals surface area contributed by atoms with Crippen LogP contribution in [0.4, 0.5) is 0 Å². The van der Waals surface area contributed by atoms with Crippen molar-refractivity contribution < 1.29 is 18.9 Å². The van der Waals surface area contributed by atoms with Crippen LogP contribution in [0.1, 0.15) is 43.7 Å². The molecule has 0 radical (unpaired) electrons. The molecule has 5 nitrogen and oxygen atoms in total. The summed E-state index contributed by atoms with van der Waals surface area (Å²) in [6.07, 6.45) is 2.76. The number of rotatable bonds is 6. The fourth-order valence-electron chi connectivity index (χ4n) is 3.11. The molecule has 0 bridgehead atoms. The summed E-state index contributed by atoms with van der Waals surface area (Å²) in [4.78, 5) is 35.7. The molecule has 1 fully saturated rings. The lowest BCUT2D eigenvalue weighted by Gasteiger charge is -2.28. The number of quaternary nitrogens is 1. The number of carbonyl (C=O) groups excluding carboxylic acids is 3. The second-order valence-electron chi connectivity index (χ2n) is 6.41. The Balaban J connectivity index is 1.80. The Kier molecular flexibility index (Phi) is 5.66. The highest BCUT2D eigenvalue weighted by atomic mass is 16.2. The number of aryl methyl sites for hydroxylation is 1. The molecule has 0 aromatic heterocycles. The zero-order valence-corrected chi connectivity index (χ0v) is 13.9. The van der Waals surface area contributed by atoms with E-state index in [0.29, 0.717) is 13.1 Å². The average molecular weight is 317 g/mol. The highest BCUT2D eigenvalue weighted by Gasteiger charge is 2.45. The number of nitrogens with zero attached hydrogens (tertiary/aromatic N) is 1. The van der Waals surface area contributed by atoms with E-state index < -0.39 is 0 Å². The summed E-state index contributed by atoms with van der Waals surface area (Å²) < 4.78 is -0.120. The van der Waals surface area contributed by atoms with Crippen LogP contribution in [0.15, 0.2) is 24.3 Å². The van der Waals surface area contributed by atoms with E-state index in [1.54, 1.807) is 0 Å². The van der Waals surface area contributed by atoms with Gasteiger partial charge in [0.15, 0.2) is 0 Å². The van der Waals surface area contributed by atoms with Crippen molar-refractivity contribution in [1.82, 2.24) is 5.32 Å². The molecule has 0 saturated carbocycles. The fourth-order valence-corrected chi connectivity index (χ4v) is 3.11. The summed E-state index contributed by atoms with van der Waals surface area (Å²) in [6, 6.07) is 7.96. The van der Waals surface area contributed by atoms with Gasteiger partial charge >= 0.3 is 12.3 Å². The average Bonchev–Trinajstić information content (AvgIpc) is 2.94. The minimum Gasteiger partial charge on any atom is -0.352 e. The molecule has 1 unspecified atom stereocenters. The van der Waals surface area contributed by atoms with Gasteiger partial charge in [-0.15, -0.1) is 0 Å². The lowest BCUT2D eigenvalue weighted by molar-refractivity contribution is -0.780. The molecule has 1 aromatic rings. The Labute approximate surface area is 137 Å². The highest BCUT2D eigenvalue weighted by Crippen LogP contribution is 2.26. The summed E-state index contributed by atoms with van der Waals surface area (Å²) in [5.41, 5.74) is 2.20. The topological polar surface area (TPSA) is 63.2 Å². The van der Waals surface area contributed by atoms with Crippen molar-refractivity contribution in [2.24, 2.45) is 0 Å². The highest BCUT2D eigenvalue weighted by molar-refractivity contribution is 5.83. The smallest absolute Gasteiger partial charge is 0.321 e. The summed E-state index contributed by atoms with van der Waals surface area (Å²) in [5.74, 6) is -0.301. The quantitative estimate of drug-likeness (QED) is 0.645. The molecule has 1 aliphatic heterocycles. The van der Waals surface area contributed by atoms with Crippen LogP contribution in [0.2, 0.25) is 0 Å². The zero-order chi connectivity index (χ0) is 16.9. The number of hydrogen-bond acceptors (Lipinski definition) is 3. The van der Waals surface area contributed by atoms with Gasteiger partial charge < -0.3 is 5.32 Å². The van der Waals surface area contributed by atoms with Crippen molar-refractivity contribution in [2.75, 3.05) is 6.54 Å². The molecule has 23 heavy (non-hydrogen) atoms. The molecule has 0 spiro atoms. The number of imide groups is 1. The maximum atomic E-state index is 12.4. The molecule has 1 aliphatic rings. The van der Waals surface area contributed by atoms with E-state index in [0.717, 1.165) is 24.8 Å². The van der Waals surface area contributed by atoms with Crippen molar-refractivity contribution in [1.29, 1.82) is 0 Å². The molecule has 3 amide bonds.